The van der Waals surface area contributed by atoms with Crippen molar-refractivity contribution in [2.24, 2.45) is 5.41 Å². The van der Waals surface area contributed by atoms with Gasteiger partial charge in [-0.3, -0.25) is 14.5 Å². The third-order valence-corrected chi connectivity index (χ3v) is 7.62. The van der Waals surface area contributed by atoms with Crippen molar-refractivity contribution in [3.63, 3.8) is 0 Å². The number of hydrogen-bond acceptors (Lipinski definition) is 6. The largest absolute Gasteiger partial charge is 0.465 e. The molecular formula is C25H35FN4O5. The standard InChI is InChI=1S/C25H35FN4O5/c1-24(2,27-23(33)34)21(31)30-11-8-25(9-12-30)17-20(35-22(25)32)7-10-28-13-15-29(16-14-28)19-5-3-18(26)4-6-19/h3-6,20,27H,7-17H2,1-2H3,(H,33,34). The van der Waals surface area contributed by atoms with Crippen LogP contribution in [0.3, 0.4) is 0 Å². The molecule has 35 heavy (non-hydrogen) atoms. The molecule has 3 saturated heterocycles. The zero-order valence-electron chi connectivity index (χ0n) is 20.5. The van der Waals surface area contributed by atoms with Gasteiger partial charge in [-0.05, 0) is 57.4 Å². The van der Waals surface area contributed by atoms with Crippen LogP contribution in [0.25, 0.3) is 0 Å². The van der Waals surface area contributed by atoms with Crippen molar-refractivity contribution in [3.8, 4) is 0 Å². The number of rotatable bonds is 6. The summed E-state index contributed by atoms with van der Waals surface area (Å²) in [7, 11) is 0. The molecule has 192 valence electrons. The van der Waals surface area contributed by atoms with Gasteiger partial charge < -0.3 is 25.0 Å². The summed E-state index contributed by atoms with van der Waals surface area (Å²) in [5.41, 5.74) is -0.729. The maximum Gasteiger partial charge on any atom is 0.405 e. The molecule has 3 aliphatic heterocycles. The predicted octanol–water partition coefficient (Wildman–Crippen LogP) is 2.31. The van der Waals surface area contributed by atoms with E-state index in [4.69, 9.17) is 9.84 Å². The van der Waals surface area contributed by atoms with Crippen LogP contribution in [0.15, 0.2) is 24.3 Å². The molecule has 3 fully saturated rings. The van der Waals surface area contributed by atoms with Crippen molar-refractivity contribution in [1.82, 2.24) is 15.1 Å². The fourth-order valence-corrected chi connectivity index (χ4v) is 5.47. The van der Waals surface area contributed by atoms with E-state index in [-0.39, 0.29) is 23.8 Å². The fraction of sp³-hybridized carbons (Fsp3) is 0.640. The molecular weight excluding hydrogens is 455 g/mol. The van der Waals surface area contributed by atoms with E-state index >= 15 is 0 Å². The first-order valence-corrected chi connectivity index (χ1v) is 12.3. The van der Waals surface area contributed by atoms with Gasteiger partial charge in [0.25, 0.3) is 0 Å². The molecule has 0 saturated carbocycles. The Labute approximate surface area is 205 Å². The number of nitrogens with zero attached hydrogens (tertiary/aromatic N) is 3. The van der Waals surface area contributed by atoms with Crippen LogP contribution in [0, 0.1) is 11.2 Å². The van der Waals surface area contributed by atoms with E-state index in [1.165, 1.54) is 12.1 Å². The molecule has 0 aromatic heterocycles. The second-order valence-corrected chi connectivity index (χ2v) is 10.5. The molecule has 0 radical (unpaired) electrons. The number of cyclic esters (lactones) is 1. The smallest absolute Gasteiger partial charge is 0.405 e. The van der Waals surface area contributed by atoms with E-state index in [2.05, 4.69) is 15.1 Å². The van der Waals surface area contributed by atoms with Crippen molar-refractivity contribution in [1.29, 1.82) is 0 Å². The van der Waals surface area contributed by atoms with E-state index in [0.717, 1.165) is 44.8 Å². The van der Waals surface area contributed by atoms with Crippen LogP contribution in [0.5, 0.6) is 0 Å². The number of carbonyl (C=O) groups excluding carboxylic acids is 2. The number of ether oxygens (including phenoxy) is 1. The number of carbonyl (C=O) groups is 3. The molecule has 9 nitrogen and oxygen atoms in total. The van der Waals surface area contributed by atoms with Gasteiger partial charge in [-0.15, -0.1) is 0 Å². The molecule has 0 aliphatic carbocycles. The molecule has 0 bridgehead atoms. The van der Waals surface area contributed by atoms with Crippen LogP contribution in [0.2, 0.25) is 0 Å². The number of hydrogen-bond donors (Lipinski definition) is 2. The van der Waals surface area contributed by atoms with Crippen LogP contribution < -0.4 is 10.2 Å². The Bertz CT molecular complexity index is 938. The highest BCUT2D eigenvalue weighted by atomic mass is 19.1. The van der Waals surface area contributed by atoms with E-state index in [1.54, 1.807) is 18.7 Å². The highest BCUT2D eigenvalue weighted by Gasteiger charge is 2.51. The Balaban J connectivity index is 1.22. The highest BCUT2D eigenvalue weighted by molar-refractivity contribution is 5.89. The molecule has 2 amide bonds. The minimum atomic E-state index is -1.24. The van der Waals surface area contributed by atoms with Gasteiger partial charge in [0.15, 0.2) is 0 Å². The Morgan fingerprint density at radius 1 is 1.11 bits per heavy atom. The van der Waals surface area contributed by atoms with Gasteiger partial charge in [-0.2, -0.15) is 0 Å². The normalized spacial score (nSPS) is 22.8. The summed E-state index contributed by atoms with van der Waals surface area (Å²) in [5, 5.41) is 11.3. The number of halogens is 1. The second-order valence-electron chi connectivity index (χ2n) is 10.5. The number of anilines is 1. The average molecular weight is 491 g/mol. The van der Waals surface area contributed by atoms with E-state index in [1.807, 2.05) is 12.1 Å². The van der Waals surface area contributed by atoms with Crippen LogP contribution in [-0.2, 0) is 14.3 Å². The zero-order chi connectivity index (χ0) is 25.2. The van der Waals surface area contributed by atoms with Gasteiger partial charge in [0.1, 0.15) is 17.5 Å². The number of esters is 1. The zero-order valence-corrected chi connectivity index (χ0v) is 20.5. The van der Waals surface area contributed by atoms with Gasteiger partial charge in [-0.25, -0.2) is 9.18 Å². The fourth-order valence-electron chi connectivity index (χ4n) is 5.47. The molecule has 1 atom stereocenters. The lowest BCUT2D eigenvalue weighted by atomic mass is 9.75. The van der Waals surface area contributed by atoms with Crippen molar-refractivity contribution < 1.29 is 28.6 Å². The average Bonchev–Trinajstić information content (AvgIpc) is 3.12. The van der Waals surface area contributed by atoms with Crippen LogP contribution in [0.1, 0.15) is 39.5 Å². The topological polar surface area (TPSA) is 102 Å². The first-order chi connectivity index (χ1) is 16.6. The Morgan fingerprint density at radius 2 is 1.74 bits per heavy atom. The number of carboxylic acid groups (broad SMARTS) is 1. The summed E-state index contributed by atoms with van der Waals surface area (Å²) >= 11 is 0. The molecule has 1 unspecified atom stereocenters. The van der Waals surface area contributed by atoms with Gasteiger partial charge in [0.2, 0.25) is 5.91 Å². The molecule has 1 aromatic rings. The molecule has 1 aromatic carbocycles. The summed E-state index contributed by atoms with van der Waals surface area (Å²) < 4.78 is 18.9. The third-order valence-electron chi connectivity index (χ3n) is 7.62. The summed E-state index contributed by atoms with van der Waals surface area (Å²) in [4.78, 5) is 42.8. The molecule has 1 spiro atoms. The summed E-state index contributed by atoms with van der Waals surface area (Å²) in [6.45, 7) is 8.33. The lowest BCUT2D eigenvalue weighted by Gasteiger charge is -2.39. The minimum absolute atomic E-state index is 0.120. The maximum absolute atomic E-state index is 13.2. The molecule has 3 aliphatic rings. The summed E-state index contributed by atoms with van der Waals surface area (Å²) in [6, 6.07) is 6.59. The molecule has 3 heterocycles. The van der Waals surface area contributed by atoms with E-state index in [0.29, 0.717) is 32.4 Å². The Kier molecular flexibility index (Phi) is 7.21. The quantitative estimate of drug-likeness (QED) is 0.590. The number of likely N-dealkylation sites (tertiary alicyclic amines) is 1. The maximum atomic E-state index is 13.2. The first kappa shape index (κ1) is 25.2. The van der Waals surface area contributed by atoms with E-state index < -0.39 is 17.0 Å². The number of amides is 2. The van der Waals surface area contributed by atoms with Crippen molar-refractivity contribution in [3.05, 3.63) is 30.1 Å². The minimum Gasteiger partial charge on any atom is -0.465 e. The monoisotopic (exact) mass is 490 g/mol. The lowest BCUT2D eigenvalue weighted by Crippen LogP contribution is -2.58. The number of piperazine rings is 1. The third kappa shape index (κ3) is 5.69. The lowest BCUT2D eigenvalue weighted by molar-refractivity contribution is -0.153. The van der Waals surface area contributed by atoms with Crippen LogP contribution >= 0.6 is 0 Å². The SMILES string of the molecule is CC(C)(NC(=O)O)C(=O)N1CCC2(CC1)CC(CCN1CCN(c3ccc(F)cc3)CC1)OC2=O. The number of nitrogens with one attached hydrogen (secondary N) is 1. The van der Waals surface area contributed by atoms with Crippen LogP contribution in [-0.4, -0.2) is 90.3 Å². The van der Waals surface area contributed by atoms with Crippen molar-refractivity contribution in [2.45, 2.75) is 51.2 Å². The van der Waals surface area contributed by atoms with Gasteiger partial charge >= 0.3 is 12.1 Å². The van der Waals surface area contributed by atoms with Gasteiger partial charge in [0, 0.05) is 57.9 Å². The molecule has 4 rings (SSSR count). The Morgan fingerprint density at radius 3 is 2.34 bits per heavy atom. The number of benzene rings is 1. The summed E-state index contributed by atoms with van der Waals surface area (Å²) in [6.07, 6.45) is 1.16. The van der Waals surface area contributed by atoms with Crippen LogP contribution in [0.4, 0.5) is 14.9 Å². The Hall–Kier alpha value is -2.88. The van der Waals surface area contributed by atoms with Gasteiger partial charge in [0.05, 0.1) is 5.41 Å². The second kappa shape index (κ2) is 10.0. The number of piperidine rings is 1. The van der Waals surface area contributed by atoms with Gasteiger partial charge in [-0.1, -0.05) is 0 Å². The molecule has 2 N–H and O–H groups in total. The first-order valence-electron chi connectivity index (χ1n) is 12.3. The highest BCUT2D eigenvalue weighted by Crippen LogP contribution is 2.44. The van der Waals surface area contributed by atoms with E-state index in [9.17, 15) is 18.8 Å². The van der Waals surface area contributed by atoms with Crippen molar-refractivity contribution >= 4 is 23.7 Å². The summed E-state index contributed by atoms with van der Waals surface area (Å²) in [5.74, 6) is -0.677. The molecule has 10 heteroatoms. The predicted molar refractivity (Wildman–Crippen MR) is 128 cm³/mol. The van der Waals surface area contributed by atoms with Crippen molar-refractivity contribution in [2.75, 3.05) is 50.7 Å².